The molecule has 1 heterocycles. The molecule has 2 rings (SSSR count). The second-order valence-electron chi connectivity index (χ2n) is 5.03. The molecular weight excluding hydrogens is 248 g/mol. The maximum atomic E-state index is 6.02. The third-order valence-corrected chi connectivity index (χ3v) is 3.16. The fourth-order valence-corrected chi connectivity index (χ4v) is 2.08. The number of hydrogen-bond donors (Lipinski definition) is 1. The van der Waals surface area contributed by atoms with Crippen LogP contribution in [0.5, 0.6) is 11.5 Å². The molecule has 0 radical (unpaired) electrons. The van der Waals surface area contributed by atoms with E-state index in [1.165, 1.54) is 5.56 Å². The largest absolute Gasteiger partial charge is 0.455 e. The van der Waals surface area contributed by atoms with Gasteiger partial charge in [0.15, 0.2) is 0 Å². The standard InChI is InChI=1S/C17H22N2O/c1-4-8-18-11-15-7-9-19-12-17(15)20-16-6-5-13(2)10-14(16)3/h5-7,9-10,12,18H,4,8,11H2,1-3H3. The average molecular weight is 270 g/mol. The molecule has 0 atom stereocenters. The van der Waals surface area contributed by atoms with Gasteiger partial charge in [0.25, 0.3) is 0 Å². The Morgan fingerprint density at radius 2 is 2.00 bits per heavy atom. The van der Waals surface area contributed by atoms with Gasteiger partial charge in [0.1, 0.15) is 11.5 Å². The van der Waals surface area contributed by atoms with Crippen molar-refractivity contribution in [2.24, 2.45) is 0 Å². The molecule has 0 fully saturated rings. The van der Waals surface area contributed by atoms with E-state index in [0.29, 0.717) is 0 Å². The minimum Gasteiger partial charge on any atom is -0.455 e. The molecule has 0 saturated carbocycles. The monoisotopic (exact) mass is 270 g/mol. The summed E-state index contributed by atoms with van der Waals surface area (Å²) in [6, 6.07) is 8.21. The van der Waals surface area contributed by atoms with E-state index >= 15 is 0 Å². The Hall–Kier alpha value is -1.87. The van der Waals surface area contributed by atoms with Crippen LogP contribution >= 0.6 is 0 Å². The molecule has 0 bridgehead atoms. The summed E-state index contributed by atoms with van der Waals surface area (Å²) in [5.74, 6) is 1.71. The lowest BCUT2D eigenvalue weighted by atomic mass is 10.1. The Balaban J connectivity index is 2.16. The van der Waals surface area contributed by atoms with Crippen LogP contribution < -0.4 is 10.1 Å². The summed E-state index contributed by atoms with van der Waals surface area (Å²) < 4.78 is 6.02. The van der Waals surface area contributed by atoms with E-state index in [2.05, 4.69) is 43.2 Å². The van der Waals surface area contributed by atoms with E-state index in [-0.39, 0.29) is 0 Å². The summed E-state index contributed by atoms with van der Waals surface area (Å²) >= 11 is 0. The van der Waals surface area contributed by atoms with E-state index in [1.807, 2.05) is 12.1 Å². The van der Waals surface area contributed by atoms with Crippen LogP contribution in [0, 0.1) is 13.8 Å². The van der Waals surface area contributed by atoms with Crippen LogP contribution in [-0.2, 0) is 6.54 Å². The topological polar surface area (TPSA) is 34.2 Å². The number of nitrogens with one attached hydrogen (secondary N) is 1. The summed E-state index contributed by atoms with van der Waals surface area (Å²) in [5, 5.41) is 3.39. The minimum atomic E-state index is 0.802. The predicted octanol–water partition coefficient (Wildman–Crippen LogP) is 3.99. The lowest BCUT2D eigenvalue weighted by molar-refractivity contribution is 0.466. The Bertz CT molecular complexity index is 567. The molecular formula is C17H22N2O. The summed E-state index contributed by atoms with van der Waals surface area (Å²) in [5.41, 5.74) is 3.51. The molecule has 3 heteroatoms. The Kier molecular flexibility index (Phi) is 5.13. The second-order valence-corrected chi connectivity index (χ2v) is 5.03. The highest BCUT2D eigenvalue weighted by molar-refractivity contribution is 5.41. The SMILES string of the molecule is CCCNCc1ccncc1Oc1ccc(C)cc1C. The van der Waals surface area contributed by atoms with Gasteiger partial charge in [-0.1, -0.05) is 24.6 Å². The van der Waals surface area contributed by atoms with Crippen LogP contribution in [0.15, 0.2) is 36.7 Å². The third-order valence-electron chi connectivity index (χ3n) is 3.16. The van der Waals surface area contributed by atoms with E-state index < -0.39 is 0 Å². The fourth-order valence-electron chi connectivity index (χ4n) is 2.08. The Morgan fingerprint density at radius 3 is 2.75 bits per heavy atom. The Morgan fingerprint density at radius 1 is 1.15 bits per heavy atom. The molecule has 1 aromatic heterocycles. The zero-order valence-electron chi connectivity index (χ0n) is 12.4. The van der Waals surface area contributed by atoms with Crippen molar-refractivity contribution in [1.29, 1.82) is 0 Å². The van der Waals surface area contributed by atoms with Crippen molar-refractivity contribution < 1.29 is 4.74 Å². The van der Waals surface area contributed by atoms with Crippen LogP contribution in [-0.4, -0.2) is 11.5 Å². The van der Waals surface area contributed by atoms with Gasteiger partial charge in [0, 0.05) is 18.3 Å². The van der Waals surface area contributed by atoms with Gasteiger partial charge in [-0.2, -0.15) is 0 Å². The van der Waals surface area contributed by atoms with Crippen molar-refractivity contribution in [3.63, 3.8) is 0 Å². The summed E-state index contributed by atoms with van der Waals surface area (Å²) in [7, 11) is 0. The highest BCUT2D eigenvalue weighted by atomic mass is 16.5. The smallest absolute Gasteiger partial charge is 0.150 e. The number of benzene rings is 1. The maximum absolute atomic E-state index is 6.02. The van der Waals surface area contributed by atoms with Crippen molar-refractivity contribution in [1.82, 2.24) is 10.3 Å². The van der Waals surface area contributed by atoms with E-state index in [1.54, 1.807) is 12.4 Å². The third kappa shape index (κ3) is 3.81. The van der Waals surface area contributed by atoms with Crippen LogP contribution in [0.4, 0.5) is 0 Å². The predicted molar refractivity (Wildman–Crippen MR) is 82.2 cm³/mol. The molecule has 0 saturated heterocycles. The molecule has 106 valence electrons. The van der Waals surface area contributed by atoms with Crippen molar-refractivity contribution >= 4 is 0 Å². The van der Waals surface area contributed by atoms with Gasteiger partial charge >= 0.3 is 0 Å². The minimum absolute atomic E-state index is 0.802. The van der Waals surface area contributed by atoms with Crippen LogP contribution in [0.3, 0.4) is 0 Å². The maximum Gasteiger partial charge on any atom is 0.150 e. The second kappa shape index (κ2) is 7.06. The highest BCUT2D eigenvalue weighted by Crippen LogP contribution is 2.27. The zero-order chi connectivity index (χ0) is 14.4. The molecule has 0 spiro atoms. The number of aromatic nitrogens is 1. The normalized spacial score (nSPS) is 10.6. The number of ether oxygens (including phenoxy) is 1. The van der Waals surface area contributed by atoms with Crippen LogP contribution in [0.25, 0.3) is 0 Å². The van der Waals surface area contributed by atoms with Gasteiger partial charge < -0.3 is 10.1 Å². The fraction of sp³-hybridized carbons (Fsp3) is 0.353. The van der Waals surface area contributed by atoms with Gasteiger partial charge in [-0.05, 0) is 44.5 Å². The van der Waals surface area contributed by atoms with Crippen molar-refractivity contribution in [2.75, 3.05) is 6.54 Å². The number of rotatable bonds is 6. The first kappa shape index (κ1) is 14.5. The van der Waals surface area contributed by atoms with E-state index in [4.69, 9.17) is 4.74 Å². The van der Waals surface area contributed by atoms with Gasteiger partial charge in [0.2, 0.25) is 0 Å². The quantitative estimate of drug-likeness (QED) is 0.806. The first-order chi connectivity index (χ1) is 9.70. The lowest BCUT2D eigenvalue weighted by Gasteiger charge is -2.13. The molecule has 0 unspecified atom stereocenters. The first-order valence-electron chi connectivity index (χ1n) is 7.09. The summed E-state index contributed by atoms with van der Waals surface area (Å²) in [4.78, 5) is 4.16. The molecule has 1 aromatic carbocycles. The molecule has 3 nitrogen and oxygen atoms in total. The molecule has 0 aliphatic carbocycles. The molecule has 0 amide bonds. The number of aryl methyl sites for hydroxylation is 2. The van der Waals surface area contributed by atoms with Crippen molar-refractivity contribution in [2.45, 2.75) is 33.7 Å². The van der Waals surface area contributed by atoms with Crippen molar-refractivity contribution in [3.05, 3.63) is 53.3 Å². The molecule has 20 heavy (non-hydrogen) atoms. The molecule has 2 aromatic rings. The van der Waals surface area contributed by atoms with Gasteiger partial charge in [-0.25, -0.2) is 0 Å². The van der Waals surface area contributed by atoms with Crippen molar-refractivity contribution in [3.8, 4) is 11.5 Å². The average Bonchev–Trinajstić information content (AvgIpc) is 2.44. The highest BCUT2D eigenvalue weighted by Gasteiger charge is 2.06. The Labute approximate surface area is 121 Å². The van der Waals surface area contributed by atoms with Gasteiger partial charge in [0.05, 0.1) is 6.20 Å². The summed E-state index contributed by atoms with van der Waals surface area (Å²) in [6.07, 6.45) is 4.71. The number of pyridine rings is 1. The number of nitrogens with zero attached hydrogens (tertiary/aromatic N) is 1. The summed E-state index contributed by atoms with van der Waals surface area (Å²) in [6.45, 7) is 8.11. The zero-order valence-corrected chi connectivity index (χ0v) is 12.4. The van der Waals surface area contributed by atoms with Crippen LogP contribution in [0.1, 0.15) is 30.0 Å². The van der Waals surface area contributed by atoms with Gasteiger partial charge in [-0.15, -0.1) is 0 Å². The van der Waals surface area contributed by atoms with Gasteiger partial charge in [-0.3, -0.25) is 4.98 Å². The first-order valence-corrected chi connectivity index (χ1v) is 7.09. The molecule has 1 N–H and O–H groups in total. The lowest BCUT2D eigenvalue weighted by Crippen LogP contribution is -2.14. The molecule has 0 aliphatic rings. The van der Waals surface area contributed by atoms with E-state index in [0.717, 1.165) is 42.1 Å². The van der Waals surface area contributed by atoms with Crippen LogP contribution in [0.2, 0.25) is 0 Å². The molecule has 0 aliphatic heterocycles. The van der Waals surface area contributed by atoms with E-state index in [9.17, 15) is 0 Å². The number of hydrogen-bond acceptors (Lipinski definition) is 3.